The van der Waals surface area contributed by atoms with E-state index in [-0.39, 0.29) is 5.69 Å². The highest BCUT2D eigenvalue weighted by Crippen LogP contribution is 2.08. The zero-order valence-corrected chi connectivity index (χ0v) is 10.2. The van der Waals surface area contributed by atoms with Crippen molar-refractivity contribution in [3.63, 3.8) is 0 Å². The third-order valence-electron chi connectivity index (χ3n) is 3.05. The lowest BCUT2D eigenvalue weighted by atomic mass is 10.1. The quantitative estimate of drug-likeness (QED) is 0.734. The van der Waals surface area contributed by atoms with Gasteiger partial charge in [-0.05, 0) is 11.1 Å². The summed E-state index contributed by atoms with van der Waals surface area (Å²) in [6.45, 7) is 0.855. The lowest BCUT2D eigenvalue weighted by molar-refractivity contribution is 0.654. The molecule has 2 aromatic heterocycles. The van der Waals surface area contributed by atoms with Crippen LogP contribution >= 0.6 is 0 Å². The Morgan fingerprint density at radius 1 is 1.21 bits per heavy atom. The van der Waals surface area contributed by atoms with Gasteiger partial charge in [-0.2, -0.15) is 0 Å². The predicted molar refractivity (Wildman–Crippen MR) is 70.7 cm³/mol. The normalized spacial score (nSPS) is 11.0. The molecule has 2 N–H and O–H groups in total. The van der Waals surface area contributed by atoms with Crippen LogP contribution in [0.1, 0.15) is 11.1 Å². The van der Waals surface area contributed by atoms with Gasteiger partial charge in [-0.1, -0.05) is 24.3 Å². The zero-order valence-electron chi connectivity index (χ0n) is 10.2. The van der Waals surface area contributed by atoms with Crippen LogP contribution in [0.15, 0.2) is 47.7 Å². The van der Waals surface area contributed by atoms with Gasteiger partial charge < -0.3 is 5.73 Å². The lowest BCUT2D eigenvalue weighted by Gasteiger charge is -2.06. The van der Waals surface area contributed by atoms with E-state index in [1.807, 2.05) is 24.3 Å². The Labute approximate surface area is 109 Å². The van der Waals surface area contributed by atoms with E-state index in [4.69, 9.17) is 5.73 Å². The first kappa shape index (κ1) is 11.6. The van der Waals surface area contributed by atoms with Crippen LogP contribution in [-0.2, 0) is 13.1 Å². The van der Waals surface area contributed by atoms with Crippen molar-refractivity contribution in [1.29, 1.82) is 0 Å². The number of nitrogens with two attached hydrogens (primary N) is 1. The monoisotopic (exact) mass is 255 g/mol. The Balaban J connectivity index is 2.06. The van der Waals surface area contributed by atoms with E-state index in [0.717, 1.165) is 11.1 Å². The van der Waals surface area contributed by atoms with E-state index in [1.165, 1.54) is 9.08 Å². The Hall–Kier alpha value is -2.47. The van der Waals surface area contributed by atoms with Gasteiger partial charge in [0.2, 0.25) is 0 Å². The molecule has 0 radical (unpaired) electrons. The maximum Gasteiger partial charge on any atom is 0.350 e. The largest absolute Gasteiger partial charge is 0.350 e. The number of benzene rings is 1. The van der Waals surface area contributed by atoms with Gasteiger partial charge in [-0.25, -0.2) is 13.9 Å². The summed E-state index contributed by atoms with van der Waals surface area (Å²) >= 11 is 0. The molecule has 2 heterocycles. The molecule has 1 aromatic carbocycles. The first-order valence-electron chi connectivity index (χ1n) is 5.95. The van der Waals surface area contributed by atoms with Crippen LogP contribution in [0.5, 0.6) is 0 Å². The molecule has 19 heavy (non-hydrogen) atoms. The molecule has 0 saturated heterocycles. The minimum absolute atomic E-state index is 0.177. The summed E-state index contributed by atoms with van der Waals surface area (Å²) in [6, 6.07) is 7.77. The summed E-state index contributed by atoms with van der Waals surface area (Å²) in [6.07, 6.45) is 4.73. The van der Waals surface area contributed by atoms with E-state index in [1.54, 1.807) is 18.6 Å². The standard InChI is InChI=1S/C13H13N5O/c14-7-10-3-1-2-4-11(10)9-18-13(19)17-6-5-15-8-12(17)16-18/h1-6,8H,7,9,14H2. The number of nitrogens with zero attached hydrogens (tertiary/aromatic N) is 4. The van der Waals surface area contributed by atoms with Gasteiger partial charge in [0.1, 0.15) is 0 Å². The van der Waals surface area contributed by atoms with E-state index >= 15 is 0 Å². The van der Waals surface area contributed by atoms with Crippen LogP contribution in [-0.4, -0.2) is 19.2 Å². The molecular formula is C13H13N5O. The van der Waals surface area contributed by atoms with Gasteiger partial charge >= 0.3 is 5.69 Å². The second-order valence-electron chi connectivity index (χ2n) is 4.22. The number of hydrogen-bond donors (Lipinski definition) is 1. The van der Waals surface area contributed by atoms with Crippen molar-refractivity contribution >= 4 is 5.65 Å². The third kappa shape index (κ3) is 2.02. The molecule has 0 atom stereocenters. The molecule has 0 aliphatic heterocycles. The van der Waals surface area contributed by atoms with Gasteiger partial charge in [0.15, 0.2) is 5.65 Å². The summed E-state index contributed by atoms with van der Waals surface area (Å²) in [5.41, 5.74) is 8.08. The van der Waals surface area contributed by atoms with Gasteiger partial charge in [0, 0.05) is 18.9 Å². The minimum atomic E-state index is -0.177. The third-order valence-corrected chi connectivity index (χ3v) is 3.05. The molecular weight excluding hydrogens is 242 g/mol. The SMILES string of the molecule is NCc1ccccc1Cn1nc2cnccn2c1=O. The summed E-state index contributed by atoms with van der Waals surface area (Å²) < 4.78 is 2.89. The van der Waals surface area contributed by atoms with Crippen LogP contribution in [0.2, 0.25) is 0 Å². The van der Waals surface area contributed by atoms with Crippen LogP contribution in [0.25, 0.3) is 5.65 Å². The minimum Gasteiger partial charge on any atom is -0.326 e. The van der Waals surface area contributed by atoms with Crippen molar-refractivity contribution in [3.8, 4) is 0 Å². The highest BCUT2D eigenvalue weighted by Gasteiger charge is 2.08. The summed E-state index contributed by atoms with van der Waals surface area (Å²) in [7, 11) is 0. The topological polar surface area (TPSA) is 78.2 Å². The maximum absolute atomic E-state index is 12.1. The maximum atomic E-state index is 12.1. The van der Waals surface area contributed by atoms with Crippen LogP contribution in [0.4, 0.5) is 0 Å². The van der Waals surface area contributed by atoms with Crippen LogP contribution in [0, 0.1) is 0 Å². The fourth-order valence-electron chi connectivity index (χ4n) is 2.06. The van der Waals surface area contributed by atoms with E-state index in [9.17, 15) is 4.79 Å². The van der Waals surface area contributed by atoms with Gasteiger partial charge in [0.25, 0.3) is 0 Å². The molecule has 0 aliphatic rings. The van der Waals surface area contributed by atoms with Gasteiger partial charge in [-0.3, -0.25) is 4.98 Å². The number of aromatic nitrogens is 4. The number of hydrogen-bond acceptors (Lipinski definition) is 4. The average molecular weight is 255 g/mol. The highest BCUT2D eigenvalue weighted by molar-refractivity contribution is 5.32. The van der Waals surface area contributed by atoms with Gasteiger partial charge in [-0.15, -0.1) is 5.10 Å². The van der Waals surface area contributed by atoms with E-state index in [0.29, 0.717) is 18.7 Å². The molecule has 6 nitrogen and oxygen atoms in total. The first-order chi connectivity index (χ1) is 9.29. The average Bonchev–Trinajstić information content (AvgIpc) is 2.77. The smallest absolute Gasteiger partial charge is 0.326 e. The van der Waals surface area contributed by atoms with Gasteiger partial charge in [0.05, 0.1) is 12.7 Å². The number of rotatable bonds is 3. The van der Waals surface area contributed by atoms with Crippen molar-refractivity contribution in [2.75, 3.05) is 0 Å². The van der Waals surface area contributed by atoms with Crippen molar-refractivity contribution in [2.24, 2.45) is 5.73 Å². The Morgan fingerprint density at radius 3 is 2.74 bits per heavy atom. The molecule has 3 aromatic rings. The molecule has 0 fully saturated rings. The van der Waals surface area contributed by atoms with Crippen molar-refractivity contribution in [2.45, 2.75) is 13.1 Å². The van der Waals surface area contributed by atoms with E-state index < -0.39 is 0 Å². The fourth-order valence-corrected chi connectivity index (χ4v) is 2.06. The second kappa shape index (κ2) is 4.66. The molecule has 0 unspecified atom stereocenters. The summed E-state index contributed by atoms with van der Waals surface area (Å²) in [5, 5.41) is 4.25. The molecule has 0 saturated carbocycles. The van der Waals surface area contributed by atoms with Crippen molar-refractivity contribution in [1.82, 2.24) is 19.2 Å². The lowest BCUT2D eigenvalue weighted by Crippen LogP contribution is -2.22. The zero-order chi connectivity index (χ0) is 13.2. The molecule has 0 bridgehead atoms. The van der Waals surface area contributed by atoms with E-state index in [2.05, 4.69) is 10.1 Å². The molecule has 0 amide bonds. The highest BCUT2D eigenvalue weighted by atomic mass is 16.2. The Kier molecular flexibility index (Phi) is 2.85. The molecule has 0 aliphatic carbocycles. The molecule has 3 rings (SSSR count). The van der Waals surface area contributed by atoms with Crippen LogP contribution in [0.3, 0.4) is 0 Å². The predicted octanol–water partition coefficient (Wildman–Crippen LogP) is 0.398. The van der Waals surface area contributed by atoms with Crippen molar-refractivity contribution < 1.29 is 0 Å². The molecule has 96 valence electrons. The molecule has 6 heteroatoms. The molecule has 0 spiro atoms. The summed E-state index contributed by atoms with van der Waals surface area (Å²) in [5.74, 6) is 0. The second-order valence-corrected chi connectivity index (χ2v) is 4.22. The number of fused-ring (bicyclic) bond motifs is 1. The fraction of sp³-hybridized carbons (Fsp3) is 0.154. The van der Waals surface area contributed by atoms with Crippen LogP contribution < -0.4 is 11.4 Å². The summed E-state index contributed by atoms with van der Waals surface area (Å²) in [4.78, 5) is 16.1. The first-order valence-corrected chi connectivity index (χ1v) is 5.95. The Bertz CT molecular complexity index is 774. The Morgan fingerprint density at radius 2 is 2.00 bits per heavy atom. The van der Waals surface area contributed by atoms with Crippen molar-refractivity contribution in [3.05, 3.63) is 64.5 Å².